The molecule has 0 aliphatic heterocycles. The molecule has 0 saturated heterocycles. The van der Waals surface area contributed by atoms with Gasteiger partial charge < -0.3 is 33.8 Å². The number of hydrogen-bond acceptors (Lipinski definition) is 15. The molecule has 0 radical (unpaired) electrons. The minimum absolute atomic E-state index is 0.106. The molecule has 0 fully saturated rings. The van der Waals surface area contributed by atoms with Gasteiger partial charge in [0, 0.05) is 25.7 Å². The quantitative estimate of drug-likeness (QED) is 0.0222. The Morgan fingerprint density at radius 2 is 0.489 bits per heavy atom. The van der Waals surface area contributed by atoms with Gasteiger partial charge in [0.1, 0.15) is 19.3 Å². The zero-order valence-electron chi connectivity index (χ0n) is 61.3. The van der Waals surface area contributed by atoms with Crippen molar-refractivity contribution in [3.05, 3.63) is 0 Å². The molecule has 0 aliphatic carbocycles. The lowest BCUT2D eigenvalue weighted by atomic mass is 10.0. The van der Waals surface area contributed by atoms with E-state index in [9.17, 15) is 43.2 Å². The molecule has 0 amide bonds. The van der Waals surface area contributed by atoms with Crippen molar-refractivity contribution in [2.24, 2.45) is 11.8 Å². The second-order valence-corrected chi connectivity index (χ2v) is 30.9. The van der Waals surface area contributed by atoms with E-state index in [-0.39, 0.29) is 25.7 Å². The lowest BCUT2D eigenvalue weighted by Gasteiger charge is -2.21. The molecule has 0 spiro atoms. The van der Waals surface area contributed by atoms with E-state index in [1.54, 1.807) is 0 Å². The number of phosphoric acid groups is 2. The fourth-order valence-corrected chi connectivity index (χ4v) is 13.1. The van der Waals surface area contributed by atoms with Crippen molar-refractivity contribution < 1.29 is 80.2 Å². The monoisotopic (exact) mass is 1380 g/mol. The van der Waals surface area contributed by atoms with Gasteiger partial charge in [-0.05, 0) is 37.5 Å². The van der Waals surface area contributed by atoms with Crippen LogP contribution in [0.5, 0.6) is 0 Å². The van der Waals surface area contributed by atoms with Crippen molar-refractivity contribution in [2.75, 3.05) is 39.6 Å². The lowest BCUT2D eigenvalue weighted by molar-refractivity contribution is -0.161. The minimum Gasteiger partial charge on any atom is -0.462 e. The van der Waals surface area contributed by atoms with E-state index in [1.807, 2.05) is 0 Å². The summed E-state index contributed by atoms with van der Waals surface area (Å²) < 4.78 is 68.4. The zero-order valence-corrected chi connectivity index (χ0v) is 63.1. The molecule has 3 N–H and O–H groups in total. The normalized spacial score (nSPS) is 14.0. The Kier molecular flexibility index (Phi) is 65.5. The van der Waals surface area contributed by atoms with Gasteiger partial charge in [-0.25, -0.2) is 9.13 Å². The number of phosphoric ester groups is 2. The fraction of sp³-hybridized carbons (Fsp3) is 0.947. The van der Waals surface area contributed by atoms with E-state index in [1.165, 1.54) is 199 Å². The summed E-state index contributed by atoms with van der Waals surface area (Å²) in [5, 5.41) is 10.6. The molecule has 0 saturated carbocycles. The average Bonchev–Trinajstić information content (AvgIpc) is 3.72. The van der Waals surface area contributed by atoms with E-state index in [4.69, 9.17) is 37.0 Å². The summed E-state index contributed by atoms with van der Waals surface area (Å²) in [6.45, 7) is 9.57. The summed E-state index contributed by atoms with van der Waals surface area (Å²) >= 11 is 0. The molecule has 94 heavy (non-hydrogen) atoms. The predicted molar refractivity (Wildman–Crippen MR) is 381 cm³/mol. The zero-order chi connectivity index (χ0) is 69.3. The predicted octanol–water partition coefficient (Wildman–Crippen LogP) is 21.9. The van der Waals surface area contributed by atoms with Crippen LogP contribution in [0.1, 0.15) is 388 Å². The molecule has 0 rings (SSSR count). The van der Waals surface area contributed by atoms with Crippen LogP contribution in [0.2, 0.25) is 0 Å². The molecule has 19 heteroatoms. The number of rotatable bonds is 74. The molecular formula is C75H146O17P2. The van der Waals surface area contributed by atoms with E-state index in [0.29, 0.717) is 25.7 Å². The summed E-state index contributed by atoms with van der Waals surface area (Å²) in [5.74, 6) is -0.585. The van der Waals surface area contributed by atoms with Gasteiger partial charge in [-0.3, -0.25) is 37.3 Å². The molecule has 17 nitrogen and oxygen atoms in total. The summed E-state index contributed by atoms with van der Waals surface area (Å²) in [7, 11) is -9.91. The SMILES string of the molecule is CCCCCCCCCCCCCCCCCCCCC(=O)O[C@H](COC(=O)CCCCCCCCCCCCCCC(C)C)COP(=O)(O)OC[C@@H](O)COP(=O)(O)OC[C@@H](COC(=O)CCCCCCCCCC)OC(=O)CCCCCCCCCCCCC(C)C. The number of aliphatic hydroxyl groups excluding tert-OH is 1. The molecule has 0 aromatic rings. The van der Waals surface area contributed by atoms with Gasteiger partial charge >= 0.3 is 39.5 Å². The first-order valence-electron chi connectivity index (χ1n) is 39.0. The van der Waals surface area contributed by atoms with Crippen LogP contribution in [0, 0.1) is 11.8 Å². The Hall–Kier alpha value is -1.94. The molecule has 0 heterocycles. The third-order valence-electron chi connectivity index (χ3n) is 17.5. The molecule has 0 aromatic heterocycles. The van der Waals surface area contributed by atoms with Crippen LogP contribution in [0.4, 0.5) is 0 Å². The number of ether oxygens (including phenoxy) is 4. The highest BCUT2D eigenvalue weighted by Gasteiger charge is 2.30. The summed E-state index contributed by atoms with van der Waals surface area (Å²) in [6.07, 6.45) is 54.1. The third-order valence-corrected chi connectivity index (χ3v) is 19.4. The number of unbranched alkanes of at least 4 members (excludes halogenated alkanes) is 44. The number of carbonyl (C=O) groups is 4. The van der Waals surface area contributed by atoms with Crippen molar-refractivity contribution in [3.63, 3.8) is 0 Å². The third kappa shape index (κ3) is 68.6. The van der Waals surface area contributed by atoms with Crippen molar-refractivity contribution in [2.45, 2.75) is 407 Å². The molecule has 2 unspecified atom stereocenters. The largest absolute Gasteiger partial charge is 0.472 e. The van der Waals surface area contributed by atoms with Crippen molar-refractivity contribution >= 4 is 39.5 Å². The van der Waals surface area contributed by atoms with Crippen molar-refractivity contribution in [3.8, 4) is 0 Å². The molecular weight excluding hydrogens is 1230 g/mol. The van der Waals surface area contributed by atoms with Gasteiger partial charge in [0.2, 0.25) is 0 Å². The number of aliphatic hydroxyl groups is 1. The minimum atomic E-state index is -4.96. The average molecular weight is 1380 g/mol. The fourth-order valence-electron chi connectivity index (χ4n) is 11.5. The highest BCUT2D eigenvalue weighted by Crippen LogP contribution is 2.45. The van der Waals surface area contributed by atoms with Crippen molar-refractivity contribution in [1.82, 2.24) is 0 Å². The van der Waals surface area contributed by atoms with Crippen LogP contribution in [0.25, 0.3) is 0 Å². The van der Waals surface area contributed by atoms with E-state index < -0.39 is 97.5 Å². The van der Waals surface area contributed by atoms with Crippen LogP contribution in [0.15, 0.2) is 0 Å². The van der Waals surface area contributed by atoms with Crippen molar-refractivity contribution in [1.29, 1.82) is 0 Å². The van der Waals surface area contributed by atoms with E-state index in [2.05, 4.69) is 41.5 Å². The summed E-state index contributed by atoms with van der Waals surface area (Å²) in [4.78, 5) is 72.7. The second-order valence-electron chi connectivity index (χ2n) is 28.0. The van der Waals surface area contributed by atoms with E-state index in [0.717, 1.165) is 108 Å². The number of hydrogen-bond donors (Lipinski definition) is 3. The molecule has 0 aromatic carbocycles. The Morgan fingerprint density at radius 3 is 0.723 bits per heavy atom. The topological polar surface area (TPSA) is 237 Å². The molecule has 558 valence electrons. The van der Waals surface area contributed by atoms with Crippen LogP contribution >= 0.6 is 15.6 Å². The van der Waals surface area contributed by atoms with Crippen LogP contribution in [0.3, 0.4) is 0 Å². The van der Waals surface area contributed by atoms with Gasteiger partial charge in [0.05, 0.1) is 26.4 Å². The molecule has 0 aliphatic rings. The van der Waals surface area contributed by atoms with Gasteiger partial charge in [-0.15, -0.1) is 0 Å². The smallest absolute Gasteiger partial charge is 0.462 e. The molecule has 0 bridgehead atoms. The molecule has 5 atom stereocenters. The van der Waals surface area contributed by atoms with Gasteiger partial charge in [0.25, 0.3) is 0 Å². The van der Waals surface area contributed by atoms with E-state index >= 15 is 0 Å². The maximum atomic E-state index is 13.1. The Labute approximate surface area is 575 Å². The highest BCUT2D eigenvalue weighted by molar-refractivity contribution is 7.47. The summed E-state index contributed by atoms with van der Waals surface area (Å²) in [6, 6.07) is 0. The van der Waals surface area contributed by atoms with Crippen LogP contribution in [-0.2, 0) is 65.4 Å². The van der Waals surface area contributed by atoms with Gasteiger partial charge in [-0.1, -0.05) is 337 Å². The summed E-state index contributed by atoms with van der Waals surface area (Å²) in [5.41, 5.74) is 0. The Morgan fingerprint density at radius 1 is 0.287 bits per heavy atom. The standard InChI is InChI=1S/C75H146O17P2/c1-7-9-11-13-15-17-18-19-20-21-22-23-24-29-35-41-47-53-59-74(79)92-71(64-86-73(78)58-52-46-40-34-28-26-25-27-32-37-43-49-55-67(3)4)66-90-94(83,84)88-62-69(76)61-87-93(81,82)89-65-70(63-85-72(77)57-51-45-39-16-14-12-10-8-2)91-75(80)60-54-48-42-36-31-30-33-38-44-50-56-68(5)6/h67-71,76H,7-66H2,1-6H3,(H,81,82)(H,83,84)/t69-,70+,71+/m0/s1. The maximum absolute atomic E-state index is 13.1. The van der Waals surface area contributed by atoms with Crippen LogP contribution < -0.4 is 0 Å². The first-order valence-corrected chi connectivity index (χ1v) is 42.0. The Bertz CT molecular complexity index is 1820. The van der Waals surface area contributed by atoms with Gasteiger partial charge in [0.15, 0.2) is 12.2 Å². The maximum Gasteiger partial charge on any atom is 0.472 e. The van der Waals surface area contributed by atoms with Gasteiger partial charge in [-0.2, -0.15) is 0 Å². The Balaban J connectivity index is 5.22. The number of carbonyl (C=O) groups excluding carboxylic acids is 4. The second kappa shape index (κ2) is 66.9. The first kappa shape index (κ1) is 92.1. The first-order chi connectivity index (χ1) is 45.4. The lowest BCUT2D eigenvalue weighted by Crippen LogP contribution is -2.30. The van der Waals surface area contributed by atoms with Crippen LogP contribution in [-0.4, -0.2) is 96.7 Å². The number of esters is 4. The highest BCUT2D eigenvalue weighted by atomic mass is 31.2.